The Kier molecular flexibility index (Phi) is 6.31. The van der Waals surface area contributed by atoms with E-state index in [0.717, 1.165) is 0 Å². The van der Waals surface area contributed by atoms with Gasteiger partial charge in [-0.25, -0.2) is 0 Å². The molecule has 0 rings (SSSR count). The van der Waals surface area contributed by atoms with E-state index in [2.05, 4.69) is 5.32 Å². The SMILES string of the molecule is NC(=O)CCOCCNC=O. The lowest BCUT2D eigenvalue weighted by Gasteiger charge is -2.00. The van der Waals surface area contributed by atoms with Gasteiger partial charge in [-0.2, -0.15) is 0 Å². The molecule has 0 saturated heterocycles. The molecule has 0 aromatic heterocycles. The van der Waals surface area contributed by atoms with E-state index >= 15 is 0 Å². The molecule has 3 N–H and O–H groups in total. The average molecular weight is 160 g/mol. The highest BCUT2D eigenvalue weighted by Gasteiger charge is 1.92. The fourth-order valence-electron chi connectivity index (χ4n) is 0.465. The van der Waals surface area contributed by atoms with Crippen molar-refractivity contribution in [1.82, 2.24) is 5.32 Å². The van der Waals surface area contributed by atoms with Crippen LogP contribution < -0.4 is 11.1 Å². The maximum Gasteiger partial charge on any atom is 0.219 e. The second-order valence-electron chi connectivity index (χ2n) is 1.90. The number of nitrogens with two attached hydrogens (primary N) is 1. The van der Waals surface area contributed by atoms with E-state index < -0.39 is 0 Å². The van der Waals surface area contributed by atoms with E-state index in [1.807, 2.05) is 0 Å². The number of ether oxygens (including phenoxy) is 1. The number of carbonyl (C=O) groups excluding carboxylic acids is 2. The number of amides is 2. The number of carbonyl (C=O) groups is 2. The summed E-state index contributed by atoms with van der Waals surface area (Å²) < 4.78 is 4.92. The first-order chi connectivity index (χ1) is 5.27. The molecule has 0 aliphatic carbocycles. The minimum Gasteiger partial charge on any atom is -0.379 e. The van der Waals surface area contributed by atoms with Crippen LogP contribution in [0.1, 0.15) is 6.42 Å². The highest BCUT2D eigenvalue weighted by atomic mass is 16.5. The normalized spacial score (nSPS) is 9.09. The third kappa shape index (κ3) is 8.90. The van der Waals surface area contributed by atoms with Gasteiger partial charge in [0.25, 0.3) is 0 Å². The lowest BCUT2D eigenvalue weighted by molar-refractivity contribution is -0.119. The fourth-order valence-corrected chi connectivity index (χ4v) is 0.465. The first kappa shape index (κ1) is 9.90. The molecule has 0 spiro atoms. The van der Waals surface area contributed by atoms with Crippen molar-refractivity contribution in [2.75, 3.05) is 19.8 Å². The molecule has 0 bridgehead atoms. The Morgan fingerprint density at radius 3 is 2.82 bits per heavy atom. The van der Waals surface area contributed by atoms with Gasteiger partial charge in [-0.15, -0.1) is 0 Å². The summed E-state index contributed by atoms with van der Waals surface area (Å²) in [6, 6.07) is 0. The highest BCUT2D eigenvalue weighted by Crippen LogP contribution is 1.79. The topological polar surface area (TPSA) is 81.4 Å². The Labute approximate surface area is 64.9 Å². The van der Waals surface area contributed by atoms with E-state index in [-0.39, 0.29) is 12.3 Å². The highest BCUT2D eigenvalue weighted by molar-refractivity contribution is 5.73. The Bertz CT molecular complexity index is 127. The van der Waals surface area contributed by atoms with E-state index in [4.69, 9.17) is 10.5 Å². The Morgan fingerprint density at radius 2 is 2.27 bits per heavy atom. The van der Waals surface area contributed by atoms with Gasteiger partial charge in [0.05, 0.1) is 13.2 Å². The molecule has 0 saturated carbocycles. The van der Waals surface area contributed by atoms with Gasteiger partial charge in [-0.1, -0.05) is 0 Å². The molecule has 0 aliphatic rings. The van der Waals surface area contributed by atoms with Gasteiger partial charge in [-0.3, -0.25) is 9.59 Å². The predicted octanol–water partition coefficient (Wildman–Crippen LogP) is -1.38. The van der Waals surface area contributed by atoms with Gasteiger partial charge >= 0.3 is 0 Å². The van der Waals surface area contributed by atoms with Crippen molar-refractivity contribution in [3.8, 4) is 0 Å². The number of rotatable bonds is 7. The van der Waals surface area contributed by atoms with Crippen LogP contribution in [0.15, 0.2) is 0 Å². The van der Waals surface area contributed by atoms with Gasteiger partial charge in [0, 0.05) is 13.0 Å². The molecule has 2 amide bonds. The van der Waals surface area contributed by atoms with E-state index in [9.17, 15) is 9.59 Å². The van der Waals surface area contributed by atoms with Gasteiger partial charge in [-0.05, 0) is 0 Å². The largest absolute Gasteiger partial charge is 0.379 e. The third-order valence-corrected chi connectivity index (χ3v) is 0.967. The first-order valence-electron chi connectivity index (χ1n) is 3.30. The number of hydrogen-bond donors (Lipinski definition) is 2. The monoisotopic (exact) mass is 160 g/mol. The molecule has 0 atom stereocenters. The molecular weight excluding hydrogens is 148 g/mol. The van der Waals surface area contributed by atoms with Crippen LogP contribution in [0, 0.1) is 0 Å². The molecule has 0 heterocycles. The fraction of sp³-hybridized carbons (Fsp3) is 0.667. The lowest BCUT2D eigenvalue weighted by Crippen LogP contribution is -2.19. The lowest BCUT2D eigenvalue weighted by atomic mass is 10.4. The van der Waals surface area contributed by atoms with Crippen LogP contribution in [-0.2, 0) is 14.3 Å². The quantitative estimate of drug-likeness (QED) is 0.356. The van der Waals surface area contributed by atoms with Crippen LogP contribution in [0.25, 0.3) is 0 Å². The second-order valence-corrected chi connectivity index (χ2v) is 1.90. The van der Waals surface area contributed by atoms with Crippen LogP contribution in [0.4, 0.5) is 0 Å². The zero-order chi connectivity index (χ0) is 8.53. The zero-order valence-corrected chi connectivity index (χ0v) is 6.21. The Hall–Kier alpha value is -1.10. The van der Waals surface area contributed by atoms with Crippen LogP contribution in [0.5, 0.6) is 0 Å². The van der Waals surface area contributed by atoms with Crippen LogP contribution in [0.2, 0.25) is 0 Å². The summed E-state index contributed by atoms with van der Waals surface area (Å²) in [6.45, 7) is 1.18. The summed E-state index contributed by atoms with van der Waals surface area (Å²) in [5, 5.41) is 2.41. The van der Waals surface area contributed by atoms with Crippen molar-refractivity contribution < 1.29 is 14.3 Å². The predicted molar refractivity (Wildman–Crippen MR) is 38.7 cm³/mol. The second kappa shape index (κ2) is 7.01. The maximum absolute atomic E-state index is 10.2. The van der Waals surface area contributed by atoms with Crippen molar-refractivity contribution in [3.63, 3.8) is 0 Å². The van der Waals surface area contributed by atoms with Crippen molar-refractivity contribution in [2.45, 2.75) is 6.42 Å². The molecule has 5 heteroatoms. The average Bonchev–Trinajstić information content (AvgIpc) is 1.96. The molecule has 5 nitrogen and oxygen atoms in total. The van der Waals surface area contributed by atoms with Gasteiger partial charge in [0.2, 0.25) is 12.3 Å². The minimum atomic E-state index is -0.381. The Morgan fingerprint density at radius 1 is 1.55 bits per heavy atom. The number of nitrogens with one attached hydrogen (secondary N) is 1. The van der Waals surface area contributed by atoms with E-state index in [1.165, 1.54) is 0 Å². The van der Waals surface area contributed by atoms with Crippen LogP contribution in [-0.4, -0.2) is 32.1 Å². The first-order valence-corrected chi connectivity index (χ1v) is 3.30. The molecule has 0 aliphatic heterocycles. The summed E-state index contributed by atoms with van der Waals surface area (Å²) in [5.74, 6) is -0.381. The molecule has 0 aromatic carbocycles. The summed E-state index contributed by atoms with van der Waals surface area (Å²) in [7, 11) is 0. The maximum atomic E-state index is 10.2. The number of hydrogen-bond acceptors (Lipinski definition) is 3. The molecule has 64 valence electrons. The van der Waals surface area contributed by atoms with Gasteiger partial charge in [0.1, 0.15) is 0 Å². The van der Waals surface area contributed by atoms with Crippen molar-refractivity contribution in [2.24, 2.45) is 5.73 Å². The Balaban J connectivity index is 2.90. The van der Waals surface area contributed by atoms with Crippen molar-refractivity contribution in [3.05, 3.63) is 0 Å². The standard InChI is InChI=1S/C6H12N2O3/c7-6(10)1-3-11-4-2-8-5-9/h5H,1-4H2,(H2,7,10)(H,8,9). The van der Waals surface area contributed by atoms with Crippen LogP contribution in [0.3, 0.4) is 0 Å². The third-order valence-electron chi connectivity index (χ3n) is 0.967. The molecule has 0 radical (unpaired) electrons. The summed E-state index contributed by atoms with van der Waals surface area (Å²) >= 11 is 0. The van der Waals surface area contributed by atoms with Gasteiger partial charge < -0.3 is 15.8 Å². The summed E-state index contributed by atoms with van der Waals surface area (Å²) in [6.07, 6.45) is 0.818. The summed E-state index contributed by atoms with van der Waals surface area (Å²) in [5.41, 5.74) is 4.84. The molecule has 0 fully saturated rings. The molecule has 0 unspecified atom stereocenters. The van der Waals surface area contributed by atoms with Crippen molar-refractivity contribution >= 4 is 12.3 Å². The molecule has 0 aromatic rings. The summed E-state index contributed by atoms with van der Waals surface area (Å²) in [4.78, 5) is 19.9. The zero-order valence-electron chi connectivity index (χ0n) is 6.21. The smallest absolute Gasteiger partial charge is 0.219 e. The minimum absolute atomic E-state index is 0.223. The molecule has 11 heavy (non-hydrogen) atoms. The van der Waals surface area contributed by atoms with Crippen LogP contribution >= 0.6 is 0 Å². The van der Waals surface area contributed by atoms with Gasteiger partial charge in [0.15, 0.2) is 0 Å². The molecular formula is C6H12N2O3. The van der Waals surface area contributed by atoms with E-state index in [0.29, 0.717) is 26.2 Å². The number of primary amides is 1. The van der Waals surface area contributed by atoms with E-state index in [1.54, 1.807) is 0 Å². The van der Waals surface area contributed by atoms with Crippen molar-refractivity contribution in [1.29, 1.82) is 0 Å².